The van der Waals surface area contributed by atoms with Gasteiger partial charge in [-0.05, 0) is 31.4 Å². The molecule has 0 saturated heterocycles. The fourth-order valence-electron chi connectivity index (χ4n) is 3.17. The zero-order chi connectivity index (χ0) is 16.9. The van der Waals surface area contributed by atoms with Crippen molar-refractivity contribution in [3.8, 4) is 17.2 Å². The molecular weight excluding hydrogens is 340 g/mol. The average Bonchev–Trinajstić information content (AvgIpc) is 3.31. The van der Waals surface area contributed by atoms with E-state index in [2.05, 4.69) is 10.2 Å². The lowest BCUT2D eigenvalue weighted by atomic mass is 9.89. The second-order valence-electron chi connectivity index (χ2n) is 6.31. The van der Waals surface area contributed by atoms with E-state index in [-0.39, 0.29) is 6.79 Å². The van der Waals surface area contributed by atoms with Crippen LogP contribution in [0.2, 0.25) is 0 Å². The lowest BCUT2D eigenvalue weighted by Gasteiger charge is -2.17. The highest BCUT2D eigenvalue weighted by Crippen LogP contribution is 2.35. The van der Waals surface area contributed by atoms with Crippen molar-refractivity contribution in [3.05, 3.63) is 24.1 Å². The molecule has 7 heteroatoms. The number of aromatic nitrogens is 2. The summed E-state index contributed by atoms with van der Waals surface area (Å²) in [4.78, 5) is 0. The van der Waals surface area contributed by atoms with Crippen LogP contribution in [0, 0.1) is 0 Å². The zero-order valence-corrected chi connectivity index (χ0v) is 14.9. The molecule has 2 aliphatic rings. The number of hydrogen-bond acceptors (Lipinski definition) is 7. The Morgan fingerprint density at radius 2 is 1.96 bits per heavy atom. The zero-order valence-electron chi connectivity index (χ0n) is 14.1. The van der Waals surface area contributed by atoms with Gasteiger partial charge in [0, 0.05) is 17.7 Å². The minimum Gasteiger partial charge on any atom is -0.493 e. The number of hydrogen-bond donors (Lipinski definition) is 0. The Morgan fingerprint density at radius 1 is 1.08 bits per heavy atom. The van der Waals surface area contributed by atoms with Crippen LogP contribution in [-0.4, -0.2) is 29.4 Å². The van der Waals surface area contributed by atoms with E-state index in [9.17, 15) is 0 Å². The molecule has 1 aromatic heterocycles. The molecule has 0 atom stereocenters. The highest BCUT2D eigenvalue weighted by Gasteiger charge is 2.21. The topological polar surface area (TPSA) is 66.6 Å². The number of fused-ring (bicyclic) bond motifs is 1. The van der Waals surface area contributed by atoms with Crippen LogP contribution >= 0.6 is 11.8 Å². The molecule has 0 amide bonds. The van der Waals surface area contributed by atoms with Crippen molar-refractivity contribution in [1.29, 1.82) is 0 Å². The van der Waals surface area contributed by atoms with Crippen molar-refractivity contribution in [2.24, 2.45) is 0 Å². The van der Waals surface area contributed by atoms with E-state index in [0.29, 0.717) is 17.7 Å². The first-order chi connectivity index (χ1) is 12.4. The Balaban J connectivity index is 1.18. The maximum atomic E-state index is 5.81. The molecule has 1 aromatic carbocycles. The second kappa shape index (κ2) is 7.99. The summed E-state index contributed by atoms with van der Waals surface area (Å²) >= 11 is 1.60. The van der Waals surface area contributed by atoms with Gasteiger partial charge in [-0.2, -0.15) is 0 Å². The summed E-state index contributed by atoms with van der Waals surface area (Å²) in [6.07, 6.45) is 7.13. The first-order valence-electron chi connectivity index (χ1n) is 8.87. The van der Waals surface area contributed by atoms with Crippen molar-refractivity contribution in [2.45, 2.75) is 49.7 Å². The lowest BCUT2D eigenvalue weighted by molar-refractivity contribution is 0.173. The molecule has 4 rings (SSSR count). The number of rotatable bonds is 7. The maximum Gasteiger partial charge on any atom is 0.276 e. The summed E-state index contributed by atoms with van der Waals surface area (Å²) in [6.45, 7) is 0.915. The summed E-state index contributed by atoms with van der Waals surface area (Å²) in [7, 11) is 0. The Bertz CT molecular complexity index is 700. The van der Waals surface area contributed by atoms with Crippen LogP contribution in [0.25, 0.3) is 0 Å². The van der Waals surface area contributed by atoms with Gasteiger partial charge < -0.3 is 18.6 Å². The van der Waals surface area contributed by atoms with Gasteiger partial charge >= 0.3 is 0 Å². The van der Waals surface area contributed by atoms with E-state index in [1.165, 1.54) is 32.1 Å². The normalized spacial score (nSPS) is 17.0. The van der Waals surface area contributed by atoms with Gasteiger partial charge in [-0.3, -0.25) is 0 Å². The van der Waals surface area contributed by atoms with Gasteiger partial charge in [0.1, 0.15) is 5.75 Å². The molecule has 0 bridgehead atoms. The summed E-state index contributed by atoms with van der Waals surface area (Å²) in [6, 6.07) is 5.64. The van der Waals surface area contributed by atoms with Gasteiger partial charge in [0.15, 0.2) is 11.5 Å². The van der Waals surface area contributed by atoms with E-state index in [1.54, 1.807) is 11.8 Å². The second-order valence-corrected chi connectivity index (χ2v) is 7.35. The highest BCUT2D eigenvalue weighted by atomic mass is 32.2. The van der Waals surface area contributed by atoms with Crippen LogP contribution in [0.1, 0.15) is 50.3 Å². The quantitative estimate of drug-likeness (QED) is 0.534. The van der Waals surface area contributed by atoms with E-state index in [0.717, 1.165) is 35.3 Å². The molecule has 6 nitrogen and oxygen atoms in total. The smallest absolute Gasteiger partial charge is 0.276 e. The van der Waals surface area contributed by atoms with Crippen LogP contribution in [0.5, 0.6) is 17.2 Å². The van der Waals surface area contributed by atoms with E-state index in [4.69, 9.17) is 18.6 Å². The van der Waals surface area contributed by atoms with E-state index >= 15 is 0 Å². The van der Waals surface area contributed by atoms with E-state index < -0.39 is 0 Å². The summed E-state index contributed by atoms with van der Waals surface area (Å²) in [5, 5.41) is 9.06. The number of nitrogens with zero attached hydrogens (tertiary/aromatic N) is 2. The summed E-state index contributed by atoms with van der Waals surface area (Å²) in [5.74, 6) is 4.48. The number of thioether (sulfide) groups is 1. The molecule has 1 aliphatic carbocycles. The van der Waals surface area contributed by atoms with Gasteiger partial charge in [-0.15, -0.1) is 10.2 Å². The van der Waals surface area contributed by atoms with Crippen LogP contribution in [0.3, 0.4) is 0 Å². The van der Waals surface area contributed by atoms with E-state index in [1.807, 2.05) is 18.2 Å². The van der Waals surface area contributed by atoms with Crippen molar-refractivity contribution in [2.75, 3.05) is 19.2 Å². The largest absolute Gasteiger partial charge is 0.493 e. The number of benzene rings is 1. The monoisotopic (exact) mass is 362 g/mol. The fourth-order valence-corrected chi connectivity index (χ4v) is 3.85. The highest BCUT2D eigenvalue weighted by molar-refractivity contribution is 7.99. The van der Waals surface area contributed by atoms with Gasteiger partial charge in [0.05, 0.1) is 6.61 Å². The first-order valence-corrected chi connectivity index (χ1v) is 9.86. The molecular formula is C18H22N2O4S. The Labute approximate surface area is 151 Å². The molecule has 1 aliphatic heterocycles. The van der Waals surface area contributed by atoms with Gasteiger partial charge in [-0.1, -0.05) is 31.0 Å². The molecule has 1 fully saturated rings. The van der Waals surface area contributed by atoms with Crippen molar-refractivity contribution >= 4 is 11.8 Å². The molecule has 0 N–H and O–H groups in total. The van der Waals surface area contributed by atoms with Gasteiger partial charge in [0.2, 0.25) is 12.7 Å². The SMILES string of the molecule is c1cc2c(cc1OCCCSc1nnc(C3CCCCC3)o1)OCO2. The fraction of sp³-hybridized carbons (Fsp3) is 0.556. The van der Waals surface area contributed by atoms with Crippen molar-refractivity contribution in [1.82, 2.24) is 10.2 Å². The van der Waals surface area contributed by atoms with Gasteiger partial charge in [0.25, 0.3) is 5.22 Å². The standard InChI is InChI=1S/C18H22N2O4S/c1-2-5-13(6-3-1)17-19-20-18(24-17)25-10-4-9-21-14-7-8-15-16(11-14)23-12-22-15/h7-8,11,13H,1-6,9-10,12H2. The van der Waals surface area contributed by atoms with Crippen LogP contribution < -0.4 is 14.2 Å². The predicted octanol–water partition coefficient (Wildman–Crippen LogP) is 4.41. The Hall–Kier alpha value is -1.89. The Morgan fingerprint density at radius 3 is 2.88 bits per heavy atom. The minimum absolute atomic E-state index is 0.280. The van der Waals surface area contributed by atoms with Crippen LogP contribution in [0.4, 0.5) is 0 Å². The third-order valence-electron chi connectivity index (χ3n) is 4.50. The molecule has 2 aromatic rings. The third-order valence-corrected chi connectivity index (χ3v) is 5.41. The van der Waals surface area contributed by atoms with Crippen LogP contribution in [-0.2, 0) is 0 Å². The van der Waals surface area contributed by atoms with Crippen molar-refractivity contribution < 1.29 is 18.6 Å². The van der Waals surface area contributed by atoms with Gasteiger partial charge in [-0.25, -0.2) is 0 Å². The number of ether oxygens (including phenoxy) is 3. The average molecular weight is 362 g/mol. The molecule has 2 heterocycles. The molecule has 134 valence electrons. The molecule has 25 heavy (non-hydrogen) atoms. The first kappa shape index (κ1) is 16.6. The molecule has 0 spiro atoms. The lowest BCUT2D eigenvalue weighted by Crippen LogP contribution is -2.04. The minimum atomic E-state index is 0.280. The third kappa shape index (κ3) is 4.21. The molecule has 0 radical (unpaired) electrons. The summed E-state index contributed by atoms with van der Waals surface area (Å²) < 4.78 is 22.2. The molecule has 1 saturated carbocycles. The molecule has 0 unspecified atom stereocenters. The van der Waals surface area contributed by atoms with Crippen LogP contribution in [0.15, 0.2) is 27.8 Å². The Kier molecular flexibility index (Phi) is 5.30. The summed E-state index contributed by atoms with van der Waals surface area (Å²) in [5.41, 5.74) is 0. The predicted molar refractivity (Wildman–Crippen MR) is 93.5 cm³/mol. The van der Waals surface area contributed by atoms with Crippen molar-refractivity contribution in [3.63, 3.8) is 0 Å². The maximum absolute atomic E-state index is 5.81.